The quantitative estimate of drug-likeness (QED) is 0.126. The zero-order valence-electron chi connectivity index (χ0n) is 16.6. The molecular weight excluding hydrogens is 487 g/mol. The molecule has 0 fully saturated rings. The maximum absolute atomic E-state index is 10.8. The van der Waals surface area contributed by atoms with Crippen LogP contribution in [0.2, 0.25) is 0 Å². The first kappa shape index (κ1) is 24.6. The van der Waals surface area contributed by atoms with Gasteiger partial charge in [0.05, 0.1) is 18.6 Å². The van der Waals surface area contributed by atoms with Crippen LogP contribution in [0.5, 0.6) is 5.75 Å². The third-order valence-corrected chi connectivity index (χ3v) is 4.00. The van der Waals surface area contributed by atoms with Crippen LogP contribution in [0.25, 0.3) is 0 Å². The number of guanidine groups is 1. The molecule has 0 aliphatic rings. The second kappa shape index (κ2) is 13.7. The van der Waals surface area contributed by atoms with Crippen molar-refractivity contribution in [2.75, 3.05) is 27.4 Å². The number of ether oxygens (including phenoxy) is 2. The van der Waals surface area contributed by atoms with Gasteiger partial charge in [-0.15, -0.1) is 24.0 Å². The highest BCUT2D eigenvalue weighted by Gasteiger charge is 2.05. The van der Waals surface area contributed by atoms with Gasteiger partial charge in [0.25, 0.3) is 5.69 Å². The van der Waals surface area contributed by atoms with Crippen LogP contribution < -0.4 is 15.4 Å². The average molecular weight is 514 g/mol. The number of halogens is 1. The Kier molecular flexibility index (Phi) is 11.7. The van der Waals surface area contributed by atoms with E-state index in [0.29, 0.717) is 25.7 Å². The van der Waals surface area contributed by atoms with E-state index in [1.165, 1.54) is 12.1 Å². The molecule has 2 N–H and O–H groups in total. The Morgan fingerprint density at radius 1 is 1.03 bits per heavy atom. The fourth-order valence-electron chi connectivity index (χ4n) is 2.42. The molecule has 2 rings (SSSR count). The number of hydrogen-bond acceptors (Lipinski definition) is 5. The summed E-state index contributed by atoms with van der Waals surface area (Å²) in [6.45, 7) is 2.42. The first-order valence-electron chi connectivity index (χ1n) is 8.99. The summed E-state index contributed by atoms with van der Waals surface area (Å²) in [5, 5.41) is 17.3. The smallest absolute Gasteiger partial charge is 0.269 e. The Balaban J connectivity index is 0.00000420. The Morgan fingerprint density at radius 2 is 1.69 bits per heavy atom. The first-order chi connectivity index (χ1) is 13.6. The minimum Gasteiger partial charge on any atom is -0.497 e. The van der Waals surface area contributed by atoms with E-state index in [2.05, 4.69) is 15.6 Å². The summed E-state index contributed by atoms with van der Waals surface area (Å²) in [7, 11) is 3.31. The predicted octanol–water partition coefficient (Wildman–Crippen LogP) is 3.49. The number of methoxy groups -OCH3 is 2. The standard InChI is InChI=1S/C20H26N4O4.HI/c1-27-13-3-12-21-20(23-15-17-6-10-19(28-2)11-7-17)22-14-16-4-8-18(9-5-16)24(25)26;/h4-11H,3,12-15H2,1-2H3,(H2,21,22,23);1H. The van der Waals surface area contributed by atoms with E-state index in [1.54, 1.807) is 26.4 Å². The normalized spacial score (nSPS) is 10.8. The molecule has 8 nitrogen and oxygen atoms in total. The monoisotopic (exact) mass is 514 g/mol. The van der Waals surface area contributed by atoms with Crippen LogP contribution in [0.4, 0.5) is 5.69 Å². The molecular formula is C20H27IN4O4. The number of hydrogen-bond donors (Lipinski definition) is 2. The largest absolute Gasteiger partial charge is 0.497 e. The maximum atomic E-state index is 10.8. The highest BCUT2D eigenvalue weighted by molar-refractivity contribution is 14.0. The molecule has 0 aliphatic heterocycles. The number of nitro groups is 1. The molecule has 0 spiro atoms. The lowest BCUT2D eigenvalue weighted by molar-refractivity contribution is -0.384. The van der Waals surface area contributed by atoms with Gasteiger partial charge in [0.1, 0.15) is 5.75 Å². The molecule has 0 aromatic heterocycles. The summed E-state index contributed by atoms with van der Waals surface area (Å²) < 4.78 is 10.2. The minimum atomic E-state index is -0.406. The SMILES string of the molecule is COCCCNC(=NCc1ccc(OC)cc1)NCc1ccc([N+](=O)[O-])cc1.I. The molecule has 29 heavy (non-hydrogen) atoms. The molecule has 0 amide bonds. The van der Waals surface area contributed by atoms with Crippen molar-refractivity contribution < 1.29 is 14.4 Å². The molecule has 0 bridgehead atoms. The Bertz CT molecular complexity index is 767. The lowest BCUT2D eigenvalue weighted by atomic mass is 10.2. The second-order valence-electron chi connectivity index (χ2n) is 6.06. The van der Waals surface area contributed by atoms with Crippen LogP contribution in [0.15, 0.2) is 53.5 Å². The van der Waals surface area contributed by atoms with Gasteiger partial charge in [0.15, 0.2) is 5.96 Å². The van der Waals surface area contributed by atoms with Gasteiger partial charge in [-0.2, -0.15) is 0 Å². The highest BCUT2D eigenvalue weighted by atomic mass is 127. The van der Waals surface area contributed by atoms with Gasteiger partial charge < -0.3 is 20.1 Å². The van der Waals surface area contributed by atoms with Gasteiger partial charge in [0.2, 0.25) is 0 Å². The van der Waals surface area contributed by atoms with E-state index in [-0.39, 0.29) is 29.7 Å². The van der Waals surface area contributed by atoms with Gasteiger partial charge in [-0.25, -0.2) is 4.99 Å². The van der Waals surface area contributed by atoms with Crippen LogP contribution in [-0.2, 0) is 17.8 Å². The number of nitrogens with one attached hydrogen (secondary N) is 2. The van der Waals surface area contributed by atoms with Crippen molar-refractivity contribution in [3.63, 3.8) is 0 Å². The van der Waals surface area contributed by atoms with Gasteiger partial charge in [-0.3, -0.25) is 10.1 Å². The number of non-ortho nitro benzene ring substituents is 1. The summed E-state index contributed by atoms with van der Waals surface area (Å²) in [6.07, 6.45) is 0.858. The molecule has 0 aliphatic carbocycles. The summed E-state index contributed by atoms with van der Waals surface area (Å²) in [5.74, 6) is 1.48. The van der Waals surface area contributed by atoms with E-state index in [0.717, 1.165) is 29.8 Å². The van der Waals surface area contributed by atoms with Crippen LogP contribution in [-0.4, -0.2) is 38.3 Å². The molecule has 0 heterocycles. The first-order valence-corrected chi connectivity index (χ1v) is 8.99. The van der Waals surface area contributed by atoms with E-state index < -0.39 is 4.92 Å². The molecule has 2 aromatic carbocycles. The highest BCUT2D eigenvalue weighted by Crippen LogP contribution is 2.13. The number of rotatable bonds is 10. The Labute approximate surface area is 187 Å². The lowest BCUT2D eigenvalue weighted by Gasteiger charge is -2.13. The van der Waals surface area contributed by atoms with Crippen molar-refractivity contribution in [3.05, 3.63) is 69.8 Å². The van der Waals surface area contributed by atoms with E-state index in [9.17, 15) is 10.1 Å². The number of benzene rings is 2. The van der Waals surface area contributed by atoms with Crippen LogP contribution in [0.1, 0.15) is 17.5 Å². The summed E-state index contributed by atoms with van der Waals surface area (Å²) in [4.78, 5) is 15.0. The topological polar surface area (TPSA) is 98.0 Å². The summed E-state index contributed by atoms with van der Waals surface area (Å²) in [6, 6.07) is 14.2. The zero-order chi connectivity index (χ0) is 20.2. The van der Waals surface area contributed by atoms with Crippen molar-refractivity contribution in [1.29, 1.82) is 0 Å². The second-order valence-corrected chi connectivity index (χ2v) is 6.06. The van der Waals surface area contributed by atoms with Gasteiger partial charge >= 0.3 is 0 Å². The fourth-order valence-corrected chi connectivity index (χ4v) is 2.42. The van der Waals surface area contributed by atoms with Crippen molar-refractivity contribution in [3.8, 4) is 5.75 Å². The molecule has 0 unspecified atom stereocenters. The molecule has 9 heteroatoms. The average Bonchev–Trinajstić information content (AvgIpc) is 2.73. The number of nitrogens with zero attached hydrogens (tertiary/aromatic N) is 2. The van der Waals surface area contributed by atoms with Crippen LogP contribution >= 0.6 is 24.0 Å². The molecule has 0 atom stereocenters. The number of nitro benzene ring substituents is 1. The summed E-state index contributed by atoms with van der Waals surface area (Å²) in [5.41, 5.74) is 2.07. The fraction of sp³-hybridized carbons (Fsp3) is 0.350. The molecule has 0 saturated heterocycles. The summed E-state index contributed by atoms with van der Waals surface area (Å²) >= 11 is 0. The molecule has 0 radical (unpaired) electrons. The third-order valence-electron chi connectivity index (χ3n) is 4.00. The van der Waals surface area contributed by atoms with Crippen LogP contribution in [0.3, 0.4) is 0 Å². The van der Waals surface area contributed by atoms with E-state index >= 15 is 0 Å². The molecule has 158 valence electrons. The van der Waals surface area contributed by atoms with Gasteiger partial charge in [0, 0.05) is 38.9 Å². The minimum absolute atomic E-state index is 0. The van der Waals surface area contributed by atoms with Gasteiger partial charge in [-0.05, 0) is 29.7 Å². The van der Waals surface area contributed by atoms with Crippen molar-refractivity contribution in [1.82, 2.24) is 10.6 Å². The van der Waals surface area contributed by atoms with Crippen LogP contribution in [0, 0.1) is 10.1 Å². The lowest BCUT2D eigenvalue weighted by Crippen LogP contribution is -2.37. The van der Waals surface area contributed by atoms with Crippen molar-refractivity contribution >= 4 is 35.6 Å². The number of aliphatic imine (C=N–C) groups is 1. The van der Waals surface area contributed by atoms with Crippen molar-refractivity contribution in [2.24, 2.45) is 4.99 Å². The van der Waals surface area contributed by atoms with Gasteiger partial charge in [-0.1, -0.05) is 24.3 Å². The Morgan fingerprint density at radius 3 is 2.28 bits per heavy atom. The zero-order valence-corrected chi connectivity index (χ0v) is 18.9. The molecule has 2 aromatic rings. The Hall–Kier alpha value is -2.40. The van der Waals surface area contributed by atoms with E-state index in [4.69, 9.17) is 9.47 Å². The molecule has 0 saturated carbocycles. The van der Waals surface area contributed by atoms with E-state index in [1.807, 2.05) is 24.3 Å². The van der Waals surface area contributed by atoms with Crippen molar-refractivity contribution in [2.45, 2.75) is 19.5 Å². The third kappa shape index (κ3) is 9.09. The predicted molar refractivity (Wildman–Crippen MR) is 124 cm³/mol. The maximum Gasteiger partial charge on any atom is 0.269 e.